The van der Waals surface area contributed by atoms with Crippen LogP contribution in [0.4, 0.5) is 22.0 Å². The molecule has 0 aliphatic carbocycles. The summed E-state index contributed by atoms with van der Waals surface area (Å²) in [6.45, 7) is -0.0181. The van der Waals surface area contributed by atoms with Crippen molar-refractivity contribution in [3.05, 3.63) is 17.5 Å². The molecule has 0 amide bonds. The summed E-state index contributed by atoms with van der Waals surface area (Å²) in [6, 6.07) is 0.100. The fourth-order valence-corrected chi connectivity index (χ4v) is 1.22. The lowest BCUT2D eigenvalue weighted by molar-refractivity contribution is -0.143. The summed E-state index contributed by atoms with van der Waals surface area (Å²) in [4.78, 5) is 0. The molecule has 0 bridgehead atoms. The highest BCUT2D eigenvalue weighted by Gasteiger charge is 2.31. The van der Waals surface area contributed by atoms with Crippen molar-refractivity contribution >= 4 is 0 Å². The van der Waals surface area contributed by atoms with Crippen molar-refractivity contribution < 1.29 is 22.0 Å². The van der Waals surface area contributed by atoms with Crippen molar-refractivity contribution in [2.45, 2.75) is 32.1 Å². The van der Waals surface area contributed by atoms with Crippen LogP contribution >= 0.6 is 0 Å². The van der Waals surface area contributed by atoms with Crippen LogP contribution in [0.3, 0.4) is 0 Å². The van der Waals surface area contributed by atoms with Gasteiger partial charge in [0.05, 0.1) is 5.69 Å². The van der Waals surface area contributed by atoms with Gasteiger partial charge >= 0.3 is 6.18 Å². The van der Waals surface area contributed by atoms with Gasteiger partial charge in [-0.25, -0.2) is 8.78 Å². The molecule has 2 N–H and O–H groups in total. The smallest absolute Gasteiger partial charge is 0.323 e. The fourth-order valence-electron chi connectivity index (χ4n) is 1.22. The van der Waals surface area contributed by atoms with E-state index in [0.29, 0.717) is 4.68 Å². The van der Waals surface area contributed by atoms with Gasteiger partial charge in [-0.15, -0.1) is 0 Å². The minimum absolute atomic E-state index is 0.0624. The van der Waals surface area contributed by atoms with E-state index in [9.17, 15) is 22.0 Å². The average Bonchev–Trinajstić information content (AvgIpc) is 2.44. The topological polar surface area (TPSA) is 43.8 Å². The molecule has 1 aromatic heterocycles. The zero-order valence-electron chi connectivity index (χ0n) is 8.30. The highest BCUT2D eigenvalue weighted by atomic mass is 19.4. The Balaban J connectivity index is 3.06. The first kappa shape index (κ1) is 12.9. The molecule has 3 nitrogen and oxygen atoms in total. The second-order valence-electron chi connectivity index (χ2n) is 3.36. The van der Waals surface area contributed by atoms with E-state index in [2.05, 4.69) is 5.10 Å². The van der Waals surface area contributed by atoms with Crippen LogP contribution in [0.5, 0.6) is 0 Å². The first-order valence-electron chi connectivity index (χ1n) is 4.39. The van der Waals surface area contributed by atoms with Crippen molar-refractivity contribution in [3.8, 4) is 0 Å². The molecule has 0 aliphatic rings. The van der Waals surface area contributed by atoms with Crippen molar-refractivity contribution in [2.24, 2.45) is 5.73 Å². The summed E-state index contributed by atoms with van der Waals surface area (Å²) in [6.07, 6.45) is -7.43. The summed E-state index contributed by atoms with van der Waals surface area (Å²) in [5, 5.41) is 3.18. The second-order valence-corrected chi connectivity index (χ2v) is 3.36. The number of halogens is 5. The minimum Gasteiger partial charge on any atom is -0.323 e. The van der Waals surface area contributed by atoms with E-state index in [1.54, 1.807) is 0 Å². The summed E-state index contributed by atoms with van der Waals surface area (Å²) < 4.78 is 61.3. The maximum absolute atomic E-state index is 12.3. The number of hydrogen-bond donors (Lipinski definition) is 1. The Morgan fingerprint density at radius 3 is 2.38 bits per heavy atom. The van der Waals surface area contributed by atoms with E-state index < -0.39 is 30.9 Å². The zero-order valence-corrected chi connectivity index (χ0v) is 8.30. The highest BCUT2D eigenvalue weighted by molar-refractivity contribution is 5.14. The van der Waals surface area contributed by atoms with Crippen molar-refractivity contribution in [1.82, 2.24) is 9.78 Å². The van der Waals surface area contributed by atoms with Gasteiger partial charge in [-0.1, -0.05) is 0 Å². The maximum atomic E-state index is 12.3. The van der Waals surface area contributed by atoms with E-state index in [0.717, 1.165) is 6.07 Å². The third-order valence-corrected chi connectivity index (χ3v) is 1.85. The van der Waals surface area contributed by atoms with Gasteiger partial charge < -0.3 is 5.73 Å². The fraction of sp³-hybridized carbons (Fsp3) is 0.625. The van der Waals surface area contributed by atoms with Crippen LogP contribution in [0.2, 0.25) is 0 Å². The zero-order chi connectivity index (χ0) is 12.5. The van der Waals surface area contributed by atoms with Crippen LogP contribution in [0.1, 0.15) is 30.8 Å². The lowest BCUT2D eigenvalue weighted by Crippen LogP contribution is -2.22. The number of hydrogen-bond acceptors (Lipinski definition) is 2. The number of nitrogens with two attached hydrogens (primary N) is 1. The predicted molar refractivity (Wildman–Crippen MR) is 45.8 cm³/mol. The molecule has 0 unspecified atom stereocenters. The summed E-state index contributed by atoms with van der Waals surface area (Å²) in [5.74, 6) is 0. The number of aromatic nitrogens is 2. The molecule has 1 heterocycles. The monoisotopic (exact) mass is 243 g/mol. The minimum atomic E-state index is -4.52. The first-order valence-corrected chi connectivity index (χ1v) is 4.39. The molecule has 0 fully saturated rings. The quantitative estimate of drug-likeness (QED) is 0.828. The van der Waals surface area contributed by atoms with Gasteiger partial charge in [0.25, 0.3) is 6.43 Å². The van der Waals surface area contributed by atoms with Crippen LogP contribution in [0, 0.1) is 0 Å². The van der Waals surface area contributed by atoms with E-state index in [4.69, 9.17) is 5.73 Å². The molecule has 16 heavy (non-hydrogen) atoms. The Bertz CT molecular complexity index is 355. The normalized spacial score (nSPS) is 14.5. The molecule has 8 heteroatoms. The first-order chi connectivity index (χ1) is 7.20. The van der Waals surface area contributed by atoms with Gasteiger partial charge in [-0.2, -0.15) is 18.3 Å². The standard InChI is InChI=1S/C8H10F5N3/c1-4(14)6-2-5(7(9)10)15-16(6)3-8(11,12)13/h2,4,7H,3,14H2,1H3/t4-/m1/s1. The molecule has 0 aliphatic heterocycles. The van der Waals surface area contributed by atoms with Crippen molar-refractivity contribution in [2.75, 3.05) is 0 Å². The third-order valence-electron chi connectivity index (χ3n) is 1.85. The molecule has 0 spiro atoms. The maximum Gasteiger partial charge on any atom is 0.408 e. The van der Waals surface area contributed by atoms with Gasteiger partial charge in [-0.05, 0) is 13.0 Å². The molecule has 0 saturated carbocycles. The third kappa shape index (κ3) is 3.16. The lowest BCUT2D eigenvalue weighted by Gasteiger charge is -2.11. The van der Waals surface area contributed by atoms with E-state index in [-0.39, 0.29) is 5.69 Å². The molecule has 1 rings (SSSR count). The summed E-state index contributed by atoms with van der Waals surface area (Å²) >= 11 is 0. The molecule has 92 valence electrons. The Labute approximate surface area is 88.0 Å². The molecule has 1 atom stereocenters. The van der Waals surface area contributed by atoms with Crippen LogP contribution in [-0.4, -0.2) is 16.0 Å². The van der Waals surface area contributed by atoms with Crippen LogP contribution in [-0.2, 0) is 6.54 Å². The van der Waals surface area contributed by atoms with Crippen molar-refractivity contribution in [1.29, 1.82) is 0 Å². The molecular formula is C8H10F5N3. The SMILES string of the molecule is C[C@@H](N)c1cc(C(F)F)nn1CC(F)(F)F. The van der Waals surface area contributed by atoms with Gasteiger partial charge in [0.1, 0.15) is 12.2 Å². The van der Waals surface area contributed by atoms with Gasteiger partial charge in [0.15, 0.2) is 0 Å². The average molecular weight is 243 g/mol. The highest BCUT2D eigenvalue weighted by Crippen LogP contribution is 2.24. The summed E-state index contributed by atoms with van der Waals surface area (Å²) in [5.41, 5.74) is 4.61. The van der Waals surface area contributed by atoms with Crippen LogP contribution in [0.15, 0.2) is 6.07 Å². The van der Waals surface area contributed by atoms with E-state index in [1.807, 2.05) is 0 Å². The second kappa shape index (κ2) is 4.36. The van der Waals surface area contributed by atoms with Crippen LogP contribution in [0.25, 0.3) is 0 Å². The molecule has 1 aromatic rings. The van der Waals surface area contributed by atoms with Crippen molar-refractivity contribution in [3.63, 3.8) is 0 Å². The Morgan fingerprint density at radius 2 is 2.00 bits per heavy atom. The number of rotatable bonds is 3. The van der Waals surface area contributed by atoms with E-state index >= 15 is 0 Å². The Morgan fingerprint density at radius 1 is 1.44 bits per heavy atom. The van der Waals surface area contributed by atoms with Gasteiger partial charge in [-0.3, -0.25) is 4.68 Å². The lowest BCUT2D eigenvalue weighted by atomic mass is 10.2. The molecule has 0 saturated heterocycles. The molecule has 0 aromatic carbocycles. The Hall–Kier alpha value is -1.18. The molecular weight excluding hydrogens is 233 g/mol. The number of nitrogens with zero attached hydrogens (tertiary/aromatic N) is 2. The summed E-state index contributed by atoms with van der Waals surface area (Å²) in [7, 11) is 0. The van der Waals surface area contributed by atoms with Gasteiger partial charge in [0, 0.05) is 6.04 Å². The Kier molecular flexibility index (Phi) is 3.51. The van der Waals surface area contributed by atoms with Crippen LogP contribution < -0.4 is 5.73 Å². The largest absolute Gasteiger partial charge is 0.408 e. The molecule has 0 radical (unpaired) electrons. The van der Waals surface area contributed by atoms with Gasteiger partial charge in [0.2, 0.25) is 0 Å². The van der Waals surface area contributed by atoms with E-state index in [1.165, 1.54) is 6.92 Å². The predicted octanol–water partition coefficient (Wildman–Crippen LogP) is 2.40. The number of alkyl halides is 5.